The molecule has 3 atom stereocenters. The zero-order valence-electron chi connectivity index (χ0n) is 9.12. The Kier molecular flexibility index (Phi) is 2.44. The van der Waals surface area contributed by atoms with Gasteiger partial charge in [-0.1, -0.05) is 0 Å². The molecule has 2 saturated carbocycles. The van der Waals surface area contributed by atoms with Crippen molar-refractivity contribution in [2.75, 3.05) is 14.2 Å². The fourth-order valence-electron chi connectivity index (χ4n) is 3.25. The van der Waals surface area contributed by atoms with Gasteiger partial charge in [0.2, 0.25) is 0 Å². The maximum absolute atomic E-state index is 11.8. The number of hydrogen-bond acceptors (Lipinski definition) is 4. The maximum Gasteiger partial charge on any atom is 0.312 e. The monoisotopic (exact) mass is 212 g/mol. The van der Waals surface area contributed by atoms with E-state index in [4.69, 9.17) is 9.47 Å². The first kappa shape index (κ1) is 10.5. The summed E-state index contributed by atoms with van der Waals surface area (Å²) in [4.78, 5) is 23.4. The number of esters is 2. The van der Waals surface area contributed by atoms with E-state index in [0.717, 1.165) is 25.7 Å². The number of fused-ring (bicyclic) bond motifs is 2. The third-order valence-corrected chi connectivity index (χ3v) is 3.97. The van der Waals surface area contributed by atoms with Crippen LogP contribution in [0.25, 0.3) is 0 Å². The molecule has 0 spiro atoms. The van der Waals surface area contributed by atoms with E-state index in [1.807, 2.05) is 0 Å². The quantitative estimate of drug-likeness (QED) is 0.644. The number of hydrogen-bond donors (Lipinski definition) is 0. The first-order valence-corrected chi connectivity index (χ1v) is 5.30. The van der Waals surface area contributed by atoms with Crippen LogP contribution in [0.5, 0.6) is 0 Å². The van der Waals surface area contributed by atoms with Gasteiger partial charge in [-0.05, 0) is 31.6 Å². The summed E-state index contributed by atoms with van der Waals surface area (Å²) in [5, 5.41) is 0. The second-order valence-electron chi connectivity index (χ2n) is 4.57. The van der Waals surface area contributed by atoms with Crippen LogP contribution in [0.2, 0.25) is 0 Å². The highest BCUT2D eigenvalue weighted by atomic mass is 16.5. The van der Waals surface area contributed by atoms with Crippen molar-refractivity contribution >= 4 is 11.9 Å². The van der Waals surface area contributed by atoms with Crippen LogP contribution in [0.4, 0.5) is 0 Å². The molecule has 4 heteroatoms. The molecule has 15 heavy (non-hydrogen) atoms. The number of carbonyl (C=O) groups excluding carboxylic acids is 2. The Hall–Kier alpha value is -1.06. The van der Waals surface area contributed by atoms with E-state index in [-0.39, 0.29) is 17.9 Å². The highest BCUT2D eigenvalue weighted by molar-refractivity contribution is 5.86. The normalized spacial score (nSPS) is 37.7. The predicted molar refractivity (Wildman–Crippen MR) is 51.9 cm³/mol. The molecule has 0 heterocycles. The van der Waals surface area contributed by atoms with Crippen LogP contribution in [0.15, 0.2) is 0 Å². The lowest BCUT2D eigenvalue weighted by molar-refractivity contribution is -0.165. The Bertz CT molecular complexity index is 299. The second kappa shape index (κ2) is 3.51. The lowest BCUT2D eigenvalue weighted by Gasteiger charge is -2.30. The summed E-state index contributed by atoms with van der Waals surface area (Å²) in [7, 11) is 2.76. The molecule has 3 unspecified atom stereocenters. The van der Waals surface area contributed by atoms with Crippen LogP contribution < -0.4 is 0 Å². The average molecular weight is 212 g/mol. The minimum absolute atomic E-state index is 0.238. The van der Waals surface area contributed by atoms with Gasteiger partial charge in [0.25, 0.3) is 0 Å². The molecule has 0 amide bonds. The number of carbonyl (C=O) groups is 2. The fraction of sp³-hybridized carbons (Fsp3) is 0.818. The number of rotatable bonds is 2. The Labute approximate surface area is 88.9 Å². The molecule has 2 bridgehead atoms. The van der Waals surface area contributed by atoms with Crippen molar-refractivity contribution in [3.63, 3.8) is 0 Å². The van der Waals surface area contributed by atoms with Gasteiger partial charge in [0.05, 0.1) is 25.6 Å². The highest BCUT2D eigenvalue weighted by Crippen LogP contribution is 2.58. The first-order valence-electron chi connectivity index (χ1n) is 5.30. The molecule has 0 aromatic carbocycles. The largest absolute Gasteiger partial charge is 0.469 e. The molecule has 0 aromatic rings. The fourth-order valence-corrected chi connectivity index (χ4v) is 3.25. The van der Waals surface area contributed by atoms with Gasteiger partial charge < -0.3 is 9.47 Å². The van der Waals surface area contributed by atoms with Crippen molar-refractivity contribution < 1.29 is 19.1 Å². The molecule has 4 nitrogen and oxygen atoms in total. The molecular weight excluding hydrogens is 196 g/mol. The van der Waals surface area contributed by atoms with E-state index in [0.29, 0.717) is 5.92 Å². The zero-order valence-corrected chi connectivity index (χ0v) is 9.12. The summed E-state index contributed by atoms with van der Waals surface area (Å²) < 4.78 is 9.59. The summed E-state index contributed by atoms with van der Waals surface area (Å²) in [6.45, 7) is 0. The van der Waals surface area contributed by atoms with Gasteiger partial charge in [-0.25, -0.2) is 0 Å². The lowest BCUT2D eigenvalue weighted by atomic mass is 9.75. The van der Waals surface area contributed by atoms with E-state index < -0.39 is 5.41 Å². The minimum Gasteiger partial charge on any atom is -0.469 e. The van der Waals surface area contributed by atoms with Crippen LogP contribution in [-0.4, -0.2) is 26.2 Å². The van der Waals surface area contributed by atoms with E-state index in [1.165, 1.54) is 14.2 Å². The van der Waals surface area contributed by atoms with E-state index in [2.05, 4.69) is 0 Å². The average Bonchev–Trinajstić information content (AvgIpc) is 2.85. The van der Waals surface area contributed by atoms with E-state index >= 15 is 0 Å². The summed E-state index contributed by atoms with van der Waals surface area (Å²) in [6, 6.07) is 0. The standard InChI is InChI=1S/C11H16O4/c1-14-9(12)8-5-7-3-4-11(8,6-7)10(13)15-2/h7-8H,3-6H2,1-2H3. The van der Waals surface area contributed by atoms with Gasteiger partial charge in [-0.2, -0.15) is 0 Å². The molecule has 2 rings (SSSR count). The van der Waals surface area contributed by atoms with Crippen molar-refractivity contribution in [3.05, 3.63) is 0 Å². The topological polar surface area (TPSA) is 52.6 Å². The summed E-state index contributed by atoms with van der Waals surface area (Å²) in [6.07, 6.45) is 3.37. The zero-order chi connectivity index (χ0) is 11.1. The van der Waals surface area contributed by atoms with Gasteiger partial charge in [-0.3, -0.25) is 9.59 Å². The van der Waals surface area contributed by atoms with Gasteiger partial charge in [0, 0.05) is 0 Å². The number of ether oxygens (including phenoxy) is 2. The predicted octanol–water partition coefficient (Wildman–Crippen LogP) is 1.14. The molecule has 0 aromatic heterocycles. The maximum atomic E-state index is 11.8. The summed E-state index contributed by atoms with van der Waals surface area (Å²) in [5.41, 5.74) is -0.577. The Morgan fingerprint density at radius 3 is 2.53 bits per heavy atom. The Balaban J connectivity index is 2.26. The van der Waals surface area contributed by atoms with Crippen molar-refractivity contribution in [2.24, 2.45) is 17.3 Å². The van der Waals surface area contributed by atoms with Gasteiger partial charge in [-0.15, -0.1) is 0 Å². The second-order valence-corrected chi connectivity index (χ2v) is 4.57. The third-order valence-electron chi connectivity index (χ3n) is 3.97. The third kappa shape index (κ3) is 1.34. The van der Waals surface area contributed by atoms with Crippen LogP contribution in [0.1, 0.15) is 25.7 Å². The Morgan fingerprint density at radius 1 is 1.27 bits per heavy atom. The molecule has 0 radical (unpaired) electrons. The lowest BCUT2D eigenvalue weighted by Crippen LogP contribution is -2.39. The molecular formula is C11H16O4. The van der Waals surface area contributed by atoms with Gasteiger partial charge in [0.15, 0.2) is 0 Å². The van der Waals surface area contributed by atoms with Gasteiger partial charge >= 0.3 is 11.9 Å². The molecule has 2 fully saturated rings. The van der Waals surface area contributed by atoms with Crippen molar-refractivity contribution in [1.29, 1.82) is 0 Å². The minimum atomic E-state index is -0.577. The van der Waals surface area contributed by atoms with E-state index in [9.17, 15) is 9.59 Å². The van der Waals surface area contributed by atoms with Crippen LogP contribution in [-0.2, 0) is 19.1 Å². The van der Waals surface area contributed by atoms with Crippen LogP contribution in [0, 0.1) is 17.3 Å². The van der Waals surface area contributed by atoms with E-state index in [1.54, 1.807) is 0 Å². The molecule has 0 aliphatic heterocycles. The van der Waals surface area contributed by atoms with Crippen molar-refractivity contribution in [1.82, 2.24) is 0 Å². The number of methoxy groups -OCH3 is 2. The summed E-state index contributed by atoms with van der Waals surface area (Å²) in [5.74, 6) is -0.289. The van der Waals surface area contributed by atoms with Crippen LogP contribution >= 0.6 is 0 Å². The molecule has 0 saturated heterocycles. The SMILES string of the molecule is COC(=O)C1CC2CCC1(C(=O)OC)C2. The van der Waals surface area contributed by atoms with Crippen molar-refractivity contribution in [2.45, 2.75) is 25.7 Å². The van der Waals surface area contributed by atoms with Gasteiger partial charge in [0.1, 0.15) is 0 Å². The van der Waals surface area contributed by atoms with Crippen molar-refractivity contribution in [3.8, 4) is 0 Å². The first-order chi connectivity index (χ1) is 7.14. The molecule has 2 aliphatic carbocycles. The molecule has 2 aliphatic rings. The Morgan fingerprint density at radius 2 is 2.00 bits per heavy atom. The molecule has 0 N–H and O–H groups in total. The molecule has 84 valence electrons. The smallest absolute Gasteiger partial charge is 0.312 e. The summed E-state index contributed by atoms with van der Waals surface area (Å²) >= 11 is 0. The highest BCUT2D eigenvalue weighted by Gasteiger charge is 2.60. The van der Waals surface area contributed by atoms with Crippen LogP contribution in [0.3, 0.4) is 0 Å².